The molecule has 2 saturated heterocycles. The summed E-state index contributed by atoms with van der Waals surface area (Å²) in [6, 6.07) is 11.4. The van der Waals surface area contributed by atoms with E-state index in [0.717, 1.165) is 17.1 Å². The van der Waals surface area contributed by atoms with Crippen LogP contribution in [0.25, 0.3) is 0 Å². The van der Waals surface area contributed by atoms with Crippen LogP contribution in [0.3, 0.4) is 0 Å². The highest BCUT2D eigenvalue weighted by atomic mass is 79.9. The lowest BCUT2D eigenvalue weighted by Gasteiger charge is -2.41. The van der Waals surface area contributed by atoms with Gasteiger partial charge in [-0.25, -0.2) is 0 Å². The first-order chi connectivity index (χ1) is 27.2. The standard InChI is InChI=1S/C21H24Cl2N4O3.C18H21BrCl2N4O2/c1-14-12-25(16-6-7-17(22)19(11-16)30-3)8-9-26(14)20(29)13-27-15(2)21(23)18(24-27)5-4-10-28;1-11-8-23(14-3-4-15(20)13(7-14)10-26)5-6-24(11)16(27)9-25-12(2)17(21)18(19)22-25/h6-7,11,14,28H,8-10,12-13H2,1-3H3;3-4,7,11,26H,5-6,8-10H2,1-2H3/t14-;11-/m00/s1. The van der Waals surface area contributed by atoms with E-state index in [2.05, 4.69) is 47.8 Å². The molecule has 4 aromatic rings. The van der Waals surface area contributed by atoms with Gasteiger partial charge in [0.2, 0.25) is 11.8 Å². The molecular weight excluding hydrogens is 882 g/mol. The van der Waals surface area contributed by atoms with Gasteiger partial charge in [0.15, 0.2) is 5.69 Å². The summed E-state index contributed by atoms with van der Waals surface area (Å²) >= 11 is 27.9. The number of halogens is 5. The van der Waals surface area contributed by atoms with E-state index in [1.165, 1.54) is 0 Å². The van der Waals surface area contributed by atoms with E-state index < -0.39 is 0 Å². The van der Waals surface area contributed by atoms with Crippen LogP contribution in [0.1, 0.15) is 36.5 Å². The van der Waals surface area contributed by atoms with Crippen LogP contribution in [0.2, 0.25) is 20.1 Å². The number of methoxy groups -OCH3 is 1. The van der Waals surface area contributed by atoms with Crippen LogP contribution >= 0.6 is 62.3 Å². The van der Waals surface area contributed by atoms with Crippen molar-refractivity contribution in [2.75, 3.05) is 62.8 Å². The maximum absolute atomic E-state index is 12.9. The molecule has 0 saturated carbocycles. The summed E-state index contributed by atoms with van der Waals surface area (Å²) in [5.41, 5.74) is 4.52. The molecule has 0 radical (unpaired) electrons. The highest BCUT2D eigenvalue weighted by molar-refractivity contribution is 9.10. The molecule has 2 aliphatic heterocycles. The Hall–Kier alpha value is -3.68. The Kier molecular flexibility index (Phi) is 15.5. The van der Waals surface area contributed by atoms with Gasteiger partial charge < -0.3 is 34.5 Å². The predicted octanol–water partition coefficient (Wildman–Crippen LogP) is 6.08. The summed E-state index contributed by atoms with van der Waals surface area (Å²) in [4.78, 5) is 33.9. The van der Waals surface area contributed by atoms with E-state index in [1.807, 2.05) is 60.9 Å². The van der Waals surface area contributed by atoms with Crippen LogP contribution in [-0.2, 0) is 29.3 Å². The fourth-order valence-electron chi connectivity index (χ4n) is 6.81. The van der Waals surface area contributed by atoms with E-state index in [-0.39, 0.29) is 50.2 Å². The highest BCUT2D eigenvalue weighted by Gasteiger charge is 2.30. The van der Waals surface area contributed by atoms with Crippen LogP contribution in [0.5, 0.6) is 5.75 Å². The minimum atomic E-state index is -0.275. The number of carbonyl (C=O) groups is 2. The number of nitrogens with zero attached hydrogens (tertiary/aromatic N) is 8. The molecule has 13 nitrogen and oxygen atoms in total. The van der Waals surface area contributed by atoms with Gasteiger partial charge in [-0.3, -0.25) is 19.0 Å². The van der Waals surface area contributed by atoms with Gasteiger partial charge in [-0.15, -0.1) is 0 Å². The van der Waals surface area contributed by atoms with Gasteiger partial charge in [0.1, 0.15) is 30.0 Å². The topological polar surface area (TPSA) is 132 Å². The molecule has 18 heteroatoms. The predicted molar refractivity (Wildman–Crippen MR) is 228 cm³/mol. The van der Waals surface area contributed by atoms with Gasteiger partial charge in [-0.05, 0) is 85.4 Å². The number of hydrogen-bond donors (Lipinski definition) is 2. The Balaban J connectivity index is 0.000000219. The lowest BCUT2D eigenvalue weighted by Crippen LogP contribution is -2.54. The molecular formula is C39H45BrCl4N8O5. The number of benzene rings is 2. The SMILES string of the molecule is COc1cc(N2CCN(C(=O)Cn3nc(C#CCO)c(Cl)c3C)[C@@H](C)C2)ccc1Cl.Cc1c(Cl)c(Br)nn1CC(=O)N1CCN(c2ccc(Cl)c(CO)c2)C[C@@H]1C. The first-order valence-electron chi connectivity index (χ1n) is 18.2. The molecule has 2 fully saturated rings. The summed E-state index contributed by atoms with van der Waals surface area (Å²) in [6.07, 6.45) is 0. The van der Waals surface area contributed by atoms with Crippen LogP contribution in [0.15, 0.2) is 41.0 Å². The van der Waals surface area contributed by atoms with E-state index >= 15 is 0 Å². The number of hydrogen-bond acceptors (Lipinski definition) is 9. The number of rotatable bonds is 8. The molecule has 2 aromatic heterocycles. The van der Waals surface area contributed by atoms with Gasteiger partial charge in [0.05, 0.1) is 40.2 Å². The Bertz CT molecular complexity index is 2150. The van der Waals surface area contributed by atoms with Crippen molar-refractivity contribution in [2.45, 2.75) is 59.5 Å². The molecule has 2 aromatic carbocycles. The van der Waals surface area contributed by atoms with Crippen LogP contribution in [-0.4, -0.2) is 116 Å². The second-order valence-electron chi connectivity index (χ2n) is 13.7. The Morgan fingerprint density at radius 1 is 0.807 bits per heavy atom. The largest absolute Gasteiger partial charge is 0.495 e. The fraction of sp³-hybridized carbons (Fsp3) is 0.436. The van der Waals surface area contributed by atoms with E-state index in [0.29, 0.717) is 86.7 Å². The molecule has 4 heterocycles. The third-order valence-electron chi connectivity index (χ3n) is 10.0. The number of amides is 2. The van der Waals surface area contributed by atoms with Crippen LogP contribution in [0.4, 0.5) is 11.4 Å². The Morgan fingerprint density at radius 2 is 1.33 bits per heavy atom. The maximum atomic E-state index is 12.9. The first-order valence-corrected chi connectivity index (χ1v) is 20.5. The van der Waals surface area contributed by atoms with Crippen molar-refractivity contribution in [1.29, 1.82) is 0 Å². The van der Waals surface area contributed by atoms with Crippen molar-refractivity contribution in [3.8, 4) is 17.6 Å². The van der Waals surface area contributed by atoms with Gasteiger partial charge in [0.25, 0.3) is 0 Å². The van der Waals surface area contributed by atoms with Gasteiger partial charge in [0, 0.05) is 73.8 Å². The third-order valence-corrected chi connectivity index (χ3v) is 12.4. The second kappa shape index (κ2) is 19.8. The first kappa shape index (κ1) is 44.4. The van der Waals surface area contributed by atoms with Crippen molar-refractivity contribution in [3.05, 3.63) is 83.7 Å². The van der Waals surface area contributed by atoms with Gasteiger partial charge >= 0.3 is 0 Å². The average molecular weight is 928 g/mol. The fourth-order valence-corrected chi connectivity index (χ4v) is 7.98. The molecule has 0 unspecified atom stereocenters. The zero-order valence-electron chi connectivity index (χ0n) is 32.3. The minimum Gasteiger partial charge on any atom is -0.495 e. The number of ether oxygens (including phenoxy) is 1. The van der Waals surface area contributed by atoms with Gasteiger partial charge in [-0.1, -0.05) is 52.3 Å². The lowest BCUT2D eigenvalue weighted by atomic mass is 10.1. The van der Waals surface area contributed by atoms with Crippen LogP contribution in [0, 0.1) is 25.7 Å². The summed E-state index contributed by atoms with van der Waals surface area (Å²) < 4.78 is 9.05. The summed E-state index contributed by atoms with van der Waals surface area (Å²) in [5.74, 6) is 5.86. The maximum Gasteiger partial charge on any atom is 0.244 e. The number of carbonyl (C=O) groups excluding carboxylic acids is 2. The number of aliphatic hydroxyl groups is 2. The zero-order chi connectivity index (χ0) is 41.6. The molecule has 306 valence electrons. The van der Waals surface area contributed by atoms with Crippen molar-refractivity contribution < 1.29 is 24.5 Å². The highest BCUT2D eigenvalue weighted by Crippen LogP contribution is 2.31. The number of piperazine rings is 2. The Morgan fingerprint density at radius 3 is 1.82 bits per heavy atom. The molecule has 2 amide bonds. The lowest BCUT2D eigenvalue weighted by molar-refractivity contribution is -0.135. The Labute approximate surface area is 361 Å². The summed E-state index contributed by atoms with van der Waals surface area (Å²) in [5, 5.41) is 28.9. The molecule has 2 N–H and O–H groups in total. The normalized spacial score (nSPS) is 16.8. The van der Waals surface area contributed by atoms with Crippen molar-refractivity contribution in [3.63, 3.8) is 0 Å². The monoisotopic (exact) mass is 924 g/mol. The second-order valence-corrected chi connectivity index (χ2v) is 16.1. The molecule has 2 aliphatic rings. The molecule has 0 spiro atoms. The summed E-state index contributed by atoms with van der Waals surface area (Å²) in [6.45, 7) is 11.6. The van der Waals surface area contributed by atoms with Crippen molar-refractivity contribution in [1.82, 2.24) is 29.4 Å². The minimum absolute atomic E-state index is 0.0177. The van der Waals surface area contributed by atoms with E-state index in [1.54, 1.807) is 29.5 Å². The number of aromatic nitrogens is 4. The zero-order valence-corrected chi connectivity index (χ0v) is 36.9. The number of anilines is 2. The van der Waals surface area contributed by atoms with E-state index in [4.69, 9.17) is 56.2 Å². The van der Waals surface area contributed by atoms with Crippen molar-refractivity contribution >= 4 is 85.5 Å². The molecule has 57 heavy (non-hydrogen) atoms. The van der Waals surface area contributed by atoms with Crippen LogP contribution < -0.4 is 14.5 Å². The van der Waals surface area contributed by atoms with E-state index in [9.17, 15) is 14.7 Å². The molecule has 0 aliphatic carbocycles. The molecule has 6 rings (SSSR count). The summed E-state index contributed by atoms with van der Waals surface area (Å²) in [7, 11) is 1.59. The number of aliphatic hydroxyl groups excluding tert-OH is 2. The quantitative estimate of drug-likeness (QED) is 0.202. The molecule has 0 bridgehead atoms. The van der Waals surface area contributed by atoms with Crippen molar-refractivity contribution in [2.24, 2.45) is 0 Å². The average Bonchev–Trinajstić information content (AvgIpc) is 3.60. The van der Waals surface area contributed by atoms with Gasteiger partial charge in [-0.2, -0.15) is 10.2 Å². The molecule has 2 atom stereocenters. The smallest absolute Gasteiger partial charge is 0.244 e. The third kappa shape index (κ3) is 10.5.